The molecule has 35 heavy (non-hydrogen) atoms. The SMILES string of the molecule is COc1cccc(S(=O)(=O)N(CC2CC2)C[C@H](O)[C@H](Cc2ccccc2)NC(=O)OC(C)(C)C)c1. The predicted octanol–water partition coefficient (Wildman–Crippen LogP) is 3.59. The van der Waals surface area contributed by atoms with Gasteiger partial charge in [0.2, 0.25) is 10.0 Å². The van der Waals surface area contributed by atoms with Crippen molar-refractivity contribution in [1.29, 1.82) is 0 Å². The van der Waals surface area contributed by atoms with Gasteiger partial charge in [0.25, 0.3) is 0 Å². The zero-order valence-electron chi connectivity index (χ0n) is 20.8. The third-order valence-electron chi connectivity index (χ3n) is 5.69. The van der Waals surface area contributed by atoms with E-state index >= 15 is 0 Å². The largest absolute Gasteiger partial charge is 0.497 e. The highest BCUT2D eigenvalue weighted by Gasteiger charge is 2.35. The number of aliphatic hydroxyl groups is 1. The Kier molecular flexibility index (Phi) is 8.79. The van der Waals surface area contributed by atoms with Crippen LogP contribution in [0.5, 0.6) is 5.75 Å². The lowest BCUT2D eigenvalue weighted by atomic mass is 10.0. The lowest BCUT2D eigenvalue weighted by Crippen LogP contribution is -2.51. The molecule has 1 aliphatic carbocycles. The molecule has 2 N–H and O–H groups in total. The van der Waals surface area contributed by atoms with Crippen molar-refractivity contribution in [3.05, 3.63) is 60.2 Å². The molecule has 0 unspecified atom stereocenters. The van der Waals surface area contributed by atoms with Gasteiger partial charge in [-0.3, -0.25) is 0 Å². The smallest absolute Gasteiger partial charge is 0.407 e. The summed E-state index contributed by atoms with van der Waals surface area (Å²) in [6.07, 6.45) is 0.384. The fraction of sp³-hybridized carbons (Fsp3) is 0.500. The van der Waals surface area contributed by atoms with E-state index in [0.29, 0.717) is 18.7 Å². The number of amides is 1. The Labute approximate surface area is 208 Å². The van der Waals surface area contributed by atoms with Crippen LogP contribution in [0.1, 0.15) is 39.2 Å². The molecule has 0 bridgehead atoms. The van der Waals surface area contributed by atoms with Crippen LogP contribution in [0.4, 0.5) is 4.79 Å². The third kappa shape index (κ3) is 8.23. The number of alkyl carbamates (subject to hydrolysis) is 1. The number of carbonyl (C=O) groups excluding carboxylic acids is 1. The highest BCUT2D eigenvalue weighted by Crippen LogP contribution is 2.32. The summed E-state index contributed by atoms with van der Waals surface area (Å²) in [6, 6.07) is 15.0. The highest BCUT2D eigenvalue weighted by atomic mass is 32.2. The van der Waals surface area contributed by atoms with E-state index in [1.165, 1.54) is 23.5 Å². The van der Waals surface area contributed by atoms with Crippen molar-refractivity contribution in [1.82, 2.24) is 9.62 Å². The Morgan fingerprint density at radius 2 is 1.83 bits per heavy atom. The van der Waals surface area contributed by atoms with Crippen molar-refractivity contribution < 1.29 is 27.8 Å². The lowest BCUT2D eigenvalue weighted by molar-refractivity contribution is 0.0401. The second-order valence-electron chi connectivity index (χ2n) is 9.95. The number of benzene rings is 2. The third-order valence-corrected chi connectivity index (χ3v) is 7.52. The number of hydrogen-bond acceptors (Lipinski definition) is 6. The number of sulfonamides is 1. The molecule has 0 heterocycles. The van der Waals surface area contributed by atoms with Gasteiger partial charge in [-0.15, -0.1) is 0 Å². The molecule has 3 rings (SSSR count). The van der Waals surface area contributed by atoms with Crippen molar-refractivity contribution in [3.8, 4) is 5.75 Å². The van der Waals surface area contributed by atoms with Gasteiger partial charge in [0.1, 0.15) is 11.4 Å². The van der Waals surface area contributed by atoms with Crippen LogP contribution in [0, 0.1) is 5.92 Å². The molecule has 2 aromatic rings. The summed E-state index contributed by atoms with van der Waals surface area (Å²) in [5.74, 6) is 0.695. The summed E-state index contributed by atoms with van der Waals surface area (Å²) in [4.78, 5) is 12.6. The van der Waals surface area contributed by atoms with Crippen molar-refractivity contribution in [2.75, 3.05) is 20.2 Å². The Hall–Kier alpha value is -2.62. The summed E-state index contributed by atoms with van der Waals surface area (Å²) in [6.45, 7) is 5.41. The van der Waals surface area contributed by atoms with E-state index in [9.17, 15) is 18.3 Å². The maximum absolute atomic E-state index is 13.5. The van der Waals surface area contributed by atoms with Gasteiger partial charge < -0.3 is 19.9 Å². The molecule has 0 radical (unpaired) electrons. The minimum absolute atomic E-state index is 0.101. The van der Waals surface area contributed by atoms with E-state index in [1.807, 2.05) is 30.3 Å². The van der Waals surface area contributed by atoms with Gasteiger partial charge in [-0.2, -0.15) is 4.31 Å². The average molecular weight is 505 g/mol. The van der Waals surface area contributed by atoms with Crippen molar-refractivity contribution in [2.24, 2.45) is 5.92 Å². The number of nitrogens with one attached hydrogen (secondary N) is 1. The first-order valence-electron chi connectivity index (χ1n) is 11.8. The molecule has 0 aromatic heterocycles. The number of aliphatic hydroxyl groups excluding tert-OH is 1. The van der Waals surface area contributed by atoms with E-state index in [2.05, 4.69) is 5.32 Å². The van der Waals surface area contributed by atoms with Crippen LogP contribution in [0.3, 0.4) is 0 Å². The standard InChI is InChI=1S/C26H36N2O6S/c1-26(2,3)34-25(30)27-23(15-19-9-6-5-7-10-19)24(29)18-28(17-20-13-14-20)35(31,32)22-12-8-11-21(16-22)33-4/h5-12,16,20,23-24,29H,13-15,17-18H2,1-4H3,(H,27,30)/t23-,24-/m0/s1. The van der Waals surface area contributed by atoms with Gasteiger partial charge in [-0.05, 0) is 63.6 Å². The number of hydrogen-bond donors (Lipinski definition) is 2. The first-order valence-corrected chi connectivity index (χ1v) is 13.3. The van der Waals surface area contributed by atoms with Crippen molar-refractivity contribution in [2.45, 2.75) is 62.7 Å². The molecule has 2 aromatic carbocycles. The van der Waals surface area contributed by atoms with Crippen LogP contribution >= 0.6 is 0 Å². The number of rotatable bonds is 11. The van der Waals surface area contributed by atoms with Gasteiger partial charge >= 0.3 is 6.09 Å². The van der Waals surface area contributed by atoms with E-state index < -0.39 is 33.9 Å². The van der Waals surface area contributed by atoms with Crippen LogP contribution in [0.25, 0.3) is 0 Å². The molecular weight excluding hydrogens is 468 g/mol. The summed E-state index contributed by atoms with van der Waals surface area (Å²) in [5.41, 5.74) is 0.192. The first-order chi connectivity index (χ1) is 16.5. The maximum Gasteiger partial charge on any atom is 0.407 e. The Balaban J connectivity index is 1.84. The monoisotopic (exact) mass is 504 g/mol. The summed E-state index contributed by atoms with van der Waals surface area (Å²) < 4.78 is 39.0. The quantitative estimate of drug-likeness (QED) is 0.485. The topological polar surface area (TPSA) is 105 Å². The molecule has 0 spiro atoms. The van der Waals surface area contributed by atoms with Gasteiger partial charge in [0.15, 0.2) is 0 Å². The van der Waals surface area contributed by atoms with Gasteiger partial charge in [-0.1, -0.05) is 36.4 Å². The van der Waals surface area contributed by atoms with Gasteiger partial charge in [0.05, 0.1) is 24.2 Å². The molecular formula is C26H36N2O6S. The van der Waals surface area contributed by atoms with E-state index in [-0.39, 0.29) is 17.4 Å². The minimum Gasteiger partial charge on any atom is -0.497 e. The first kappa shape index (κ1) is 27.0. The summed E-state index contributed by atoms with van der Waals surface area (Å²) in [7, 11) is -2.42. The van der Waals surface area contributed by atoms with Crippen molar-refractivity contribution >= 4 is 16.1 Å². The fourth-order valence-electron chi connectivity index (χ4n) is 3.72. The van der Waals surface area contributed by atoms with Gasteiger partial charge in [0, 0.05) is 19.2 Å². The second kappa shape index (κ2) is 11.4. The Morgan fingerprint density at radius 1 is 1.14 bits per heavy atom. The molecule has 1 amide bonds. The minimum atomic E-state index is -3.90. The average Bonchev–Trinajstić information content (AvgIpc) is 3.62. The van der Waals surface area contributed by atoms with E-state index in [4.69, 9.17) is 9.47 Å². The molecule has 9 heteroatoms. The molecule has 192 valence electrons. The molecule has 8 nitrogen and oxygen atoms in total. The molecule has 1 aliphatic rings. The highest BCUT2D eigenvalue weighted by molar-refractivity contribution is 7.89. The molecule has 0 aliphatic heterocycles. The molecule has 1 saturated carbocycles. The molecule has 1 fully saturated rings. The van der Waals surface area contributed by atoms with Crippen LogP contribution < -0.4 is 10.1 Å². The number of nitrogens with zero attached hydrogens (tertiary/aromatic N) is 1. The van der Waals surface area contributed by atoms with Crippen LogP contribution in [-0.4, -0.2) is 61.9 Å². The number of carbonyl (C=O) groups is 1. The van der Waals surface area contributed by atoms with Crippen LogP contribution in [0.15, 0.2) is 59.5 Å². The van der Waals surface area contributed by atoms with Gasteiger partial charge in [-0.25, -0.2) is 13.2 Å². The lowest BCUT2D eigenvalue weighted by Gasteiger charge is -2.30. The zero-order chi connectivity index (χ0) is 25.6. The Morgan fingerprint density at radius 3 is 2.43 bits per heavy atom. The second-order valence-corrected chi connectivity index (χ2v) is 11.9. The van der Waals surface area contributed by atoms with E-state index in [0.717, 1.165) is 18.4 Å². The summed E-state index contributed by atoms with van der Waals surface area (Å²) >= 11 is 0. The predicted molar refractivity (Wildman–Crippen MR) is 134 cm³/mol. The molecule has 0 saturated heterocycles. The zero-order valence-corrected chi connectivity index (χ0v) is 21.6. The number of methoxy groups -OCH3 is 1. The normalized spacial score (nSPS) is 15.9. The number of ether oxygens (including phenoxy) is 2. The van der Waals surface area contributed by atoms with Crippen LogP contribution in [-0.2, 0) is 21.2 Å². The maximum atomic E-state index is 13.5. The Bertz CT molecular complexity index is 1080. The van der Waals surface area contributed by atoms with Crippen LogP contribution in [0.2, 0.25) is 0 Å². The fourth-order valence-corrected chi connectivity index (χ4v) is 5.29. The molecule has 2 atom stereocenters. The van der Waals surface area contributed by atoms with E-state index in [1.54, 1.807) is 32.9 Å². The van der Waals surface area contributed by atoms with Crippen molar-refractivity contribution in [3.63, 3.8) is 0 Å². The summed E-state index contributed by atoms with van der Waals surface area (Å²) in [5, 5.41) is 14.0.